The van der Waals surface area contributed by atoms with Gasteiger partial charge in [0.1, 0.15) is 11.5 Å². The third-order valence-electron chi connectivity index (χ3n) is 7.28. The van der Waals surface area contributed by atoms with E-state index in [2.05, 4.69) is 65.8 Å². The van der Waals surface area contributed by atoms with Crippen molar-refractivity contribution < 1.29 is 46.8 Å². The van der Waals surface area contributed by atoms with Crippen molar-refractivity contribution in [1.29, 1.82) is 0 Å². The predicted octanol–water partition coefficient (Wildman–Crippen LogP) is 5.61. The largest absolute Gasteiger partial charge is 2.00 e. The molecule has 0 aliphatic heterocycles. The monoisotopic (exact) mass is 667 g/mol. The van der Waals surface area contributed by atoms with E-state index in [4.69, 9.17) is 29.8 Å². The van der Waals surface area contributed by atoms with Crippen LogP contribution in [0.3, 0.4) is 0 Å². The van der Waals surface area contributed by atoms with Crippen LogP contribution < -0.4 is 10.2 Å². The molecule has 0 heterocycles. The first-order chi connectivity index (χ1) is 20.7. The minimum atomic E-state index is -1.08. The number of nitrogens with zero attached hydrogens (tertiary/aromatic N) is 2. The fraction of sp³-hybridized carbons (Fsp3) is 0.556. The first-order valence-corrected chi connectivity index (χ1v) is 15.8. The fourth-order valence-electron chi connectivity index (χ4n) is 5.22. The van der Waals surface area contributed by atoms with Gasteiger partial charge >= 0.3 is 16.8 Å². The van der Waals surface area contributed by atoms with Crippen LogP contribution >= 0.6 is 0 Å². The topological polar surface area (TPSA) is 145 Å². The molecule has 251 valence electrons. The molecule has 2 atom stereocenters. The number of hydrogen-bond acceptors (Lipinski definition) is 8. The Morgan fingerprint density at radius 3 is 1.33 bits per heavy atom. The van der Waals surface area contributed by atoms with Gasteiger partial charge in [-0.1, -0.05) is 79.4 Å². The van der Waals surface area contributed by atoms with E-state index in [-0.39, 0.29) is 40.7 Å². The summed E-state index contributed by atoms with van der Waals surface area (Å²) in [6.45, 7) is 14.8. The van der Waals surface area contributed by atoms with Crippen molar-refractivity contribution in [1.82, 2.24) is 0 Å². The second kappa shape index (κ2) is 21.5. The molecule has 0 aromatic heterocycles. The van der Waals surface area contributed by atoms with Gasteiger partial charge in [0.25, 0.3) is 0 Å². The number of aliphatic imine (C=N–C) groups is 2. The van der Waals surface area contributed by atoms with Crippen LogP contribution in [0.4, 0.5) is 0 Å². The van der Waals surface area contributed by atoms with Crippen molar-refractivity contribution in [2.45, 2.75) is 131 Å². The molecule has 0 saturated heterocycles. The number of aryl methyl sites for hydroxylation is 2. The van der Waals surface area contributed by atoms with Crippen LogP contribution in [0, 0.1) is 0 Å². The molecular weight excluding hydrogens is 615 g/mol. The van der Waals surface area contributed by atoms with E-state index in [0.29, 0.717) is 11.5 Å². The van der Waals surface area contributed by atoms with Gasteiger partial charge in [0.2, 0.25) is 0 Å². The Bertz CT molecular complexity index is 1170. The molecule has 45 heavy (non-hydrogen) atoms. The molecule has 3 rings (SSSR count). The molecule has 2 N–H and O–H groups in total. The summed E-state index contributed by atoms with van der Waals surface area (Å²) >= 11 is 0. The van der Waals surface area contributed by atoms with Crippen LogP contribution in [-0.2, 0) is 39.2 Å². The standard InChI is InChI=1S/C32H46N2O2.2C2H4O2.Co/c1-7-11-23-15-25(31(35)27(17-23)21(3)4)19-33-29-13-9-10-14-30(29)34-20-26-16-24(12-8-2)18-28(22(5)6)32(26)36;2*1-2(3)4;/h15-22,29-30,35-36H,7-14H2,1-6H3;2*1H3,(H,3,4);/q;;;+2/p-2. The number of carboxylic acid groups (broad SMARTS) is 2. The summed E-state index contributed by atoms with van der Waals surface area (Å²) in [4.78, 5) is 27.7. The number of carbonyl (C=O) groups is 2. The van der Waals surface area contributed by atoms with E-state index < -0.39 is 11.9 Å². The molecule has 2 aromatic carbocycles. The summed E-state index contributed by atoms with van der Waals surface area (Å²) in [7, 11) is 0. The average Bonchev–Trinajstić information content (AvgIpc) is 2.93. The van der Waals surface area contributed by atoms with Crippen LogP contribution in [0.25, 0.3) is 0 Å². The second-order valence-electron chi connectivity index (χ2n) is 12.0. The Morgan fingerprint density at radius 2 is 1.07 bits per heavy atom. The van der Waals surface area contributed by atoms with Gasteiger partial charge in [-0.25, -0.2) is 0 Å². The summed E-state index contributed by atoms with van der Waals surface area (Å²) in [6, 6.07) is 8.60. The molecule has 1 aliphatic carbocycles. The molecule has 1 aliphatic rings. The van der Waals surface area contributed by atoms with Gasteiger partial charge in [-0.05, 0) is 85.8 Å². The van der Waals surface area contributed by atoms with Crippen molar-refractivity contribution in [2.75, 3.05) is 0 Å². The van der Waals surface area contributed by atoms with Crippen molar-refractivity contribution in [3.05, 3.63) is 57.6 Å². The number of benzene rings is 2. The van der Waals surface area contributed by atoms with E-state index in [9.17, 15) is 10.2 Å². The maximum Gasteiger partial charge on any atom is 2.00 e. The molecule has 9 heteroatoms. The Kier molecular flexibility index (Phi) is 20.0. The number of hydrogen-bond donors (Lipinski definition) is 2. The summed E-state index contributed by atoms with van der Waals surface area (Å²) < 4.78 is 0. The van der Waals surface area contributed by atoms with Crippen molar-refractivity contribution in [3.63, 3.8) is 0 Å². The van der Waals surface area contributed by atoms with Gasteiger partial charge < -0.3 is 30.0 Å². The molecule has 1 fully saturated rings. The maximum absolute atomic E-state index is 10.9. The minimum Gasteiger partial charge on any atom is -0.550 e. The van der Waals surface area contributed by atoms with Gasteiger partial charge in [0.15, 0.2) is 0 Å². The third-order valence-corrected chi connectivity index (χ3v) is 7.28. The Morgan fingerprint density at radius 1 is 0.756 bits per heavy atom. The fourth-order valence-corrected chi connectivity index (χ4v) is 5.22. The molecule has 8 nitrogen and oxygen atoms in total. The van der Waals surface area contributed by atoms with Crippen LogP contribution in [-0.4, -0.2) is 46.7 Å². The van der Waals surface area contributed by atoms with Gasteiger partial charge in [-0.15, -0.1) is 0 Å². The molecule has 0 amide bonds. The maximum atomic E-state index is 10.9. The first kappa shape index (κ1) is 41.8. The predicted molar refractivity (Wildman–Crippen MR) is 175 cm³/mol. The smallest absolute Gasteiger partial charge is 0.550 e. The van der Waals surface area contributed by atoms with Gasteiger partial charge in [0.05, 0.1) is 12.1 Å². The second-order valence-corrected chi connectivity index (χ2v) is 12.0. The number of aliphatic carboxylic acids is 2. The normalized spacial score (nSPS) is 16.1. The van der Waals surface area contributed by atoms with Crippen molar-refractivity contribution in [2.24, 2.45) is 9.98 Å². The van der Waals surface area contributed by atoms with Crippen molar-refractivity contribution >= 4 is 24.4 Å². The number of phenolic OH excluding ortho intramolecular Hbond substituents is 2. The van der Waals surface area contributed by atoms with Crippen molar-refractivity contribution in [3.8, 4) is 11.5 Å². The van der Waals surface area contributed by atoms with E-state index >= 15 is 0 Å². The zero-order valence-electron chi connectivity index (χ0n) is 28.2. The number of rotatable bonds is 10. The molecule has 2 aromatic rings. The summed E-state index contributed by atoms with van der Waals surface area (Å²) in [5, 5.41) is 39.6. The van der Waals surface area contributed by atoms with Crippen LogP contribution in [0.15, 0.2) is 34.3 Å². The Labute approximate surface area is 280 Å². The number of carboxylic acids is 2. The molecular formula is C36H52CoN2O6. The Hall–Kier alpha value is -3.17. The number of carbonyl (C=O) groups excluding carboxylic acids is 2. The quantitative estimate of drug-likeness (QED) is 0.315. The van der Waals surface area contributed by atoms with E-state index in [1.807, 2.05) is 12.4 Å². The van der Waals surface area contributed by atoms with E-state index in [1.165, 1.54) is 11.1 Å². The number of phenols is 2. The van der Waals surface area contributed by atoms with Gasteiger partial charge in [-0.2, -0.15) is 0 Å². The zero-order valence-corrected chi connectivity index (χ0v) is 29.2. The molecule has 1 saturated carbocycles. The summed E-state index contributed by atoms with van der Waals surface area (Å²) in [6.07, 6.45) is 12.1. The van der Waals surface area contributed by atoms with Crippen LogP contribution in [0.2, 0.25) is 0 Å². The van der Waals surface area contributed by atoms with Gasteiger partial charge in [-0.3, -0.25) is 9.98 Å². The minimum absolute atomic E-state index is 0. The van der Waals surface area contributed by atoms with Crippen LogP contribution in [0.1, 0.15) is 139 Å². The number of aromatic hydroxyl groups is 2. The SMILES string of the molecule is CC(=O)[O-].CC(=O)[O-].CCCc1cc(C=NC2CCCCC2N=Cc2cc(CCC)cc(C(C)C)c2O)c(O)c(C(C)C)c1.[Co+2]. The Balaban J connectivity index is 0.00000192. The zero-order chi connectivity index (χ0) is 33.4. The third kappa shape index (κ3) is 15.1. The van der Waals surface area contributed by atoms with Gasteiger partial charge in [0, 0.05) is 35.5 Å². The van der Waals surface area contributed by atoms with E-state index in [1.54, 1.807) is 0 Å². The summed E-state index contributed by atoms with van der Waals surface area (Å²) in [5.41, 5.74) is 6.10. The molecule has 2 unspecified atom stereocenters. The van der Waals surface area contributed by atoms with E-state index in [0.717, 1.165) is 87.5 Å². The van der Waals surface area contributed by atoms with Crippen LogP contribution in [0.5, 0.6) is 11.5 Å². The molecule has 0 spiro atoms. The summed E-state index contributed by atoms with van der Waals surface area (Å²) in [5.74, 6) is -0.951. The first-order valence-electron chi connectivity index (χ1n) is 15.8. The molecule has 0 bridgehead atoms. The molecule has 1 radical (unpaired) electrons. The average molecular weight is 668 g/mol.